The van der Waals surface area contributed by atoms with Gasteiger partial charge in [0.15, 0.2) is 0 Å². The van der Waals surface area contributed by atoms with Gasteiger partial charge in [-0.05, 0) is 56.7 Å². The van der Waals surface area contributed by atoms with Crippen LogP contribution >= 0.6 is 0 Å². The molecule has 29 heavy (non-hydrogen) atoms. The maximum Gasteiger partial charge on any atom is 0.236 e. The highest BCUT2D eigenvalue weighted by atomic mass is 16.5. The molecule has 3 rings (SSSR count). The van der Waals surface area contributed by atoms with Crippen LogP contribution in [0.25, 0.3) is 0 Å². The summed E-state index contributed by atoms with van der Waals surface area (Å²) < 4.78 is 5.97. The number of hydrogen-bond donors (Lipinski definition) is 1. The van der Waals surface area contributed by atoms with Crippen molar-refractivity contribution in [3.8, 4) is 5.75 Å². The van der Waals surface area contributed by atoms with E-state index in [1.807, 2.05) is 36.9 Å². The molecule has 0 radical (unpaired) electrons. The smallest absolute Gasteiger partial charge is 0.236 e. The maximum absolute atomic E-state index is 13.2. The average molecular weight is 401 g/mol. The number of rotatable bonds is 7. The number of carbonyl (C=O) groups is 2. The topological polar surface area (TPSA) is 58.6 Å². The van der Waals surface area contributed by atoms with Crippen molar-refractivity contribution in [1.29, 1.82) is 0 Å². The van der Waals surface area contributed by atoms with Crippen LogP contribution in [-0.2, 0) is 9.59 Å². The maximum atomic E-state index is 13.2. The van der Waals surface area contributed by atoms with Crippen LogP contribution in [0.3, 0.4) is 0 Å². The minimum atomic E-state index is -0.583. The Bertz CT molecular complexity index is 736. The lowest BCUT2D eigenvalue weighted by atomic mass is 9.92. The molecule has 0 aromatic heterocycles. The molecular formula is C24H36N2O3. The van der Waals surface area contributed by atoms with E-state index in [9.17, 15) is 9.59 Å². The summed E-state index contributed by atoms with van der Waals surface area (Å²) in [6.45, 7) is 9.17. The Balaban J connectivity index is 1.74. The molecule has 0 saturated heterocycles. The zero-order valence-corrected chi connectivity index (χ0v) is 18.4. The Morgan fingerprint density at radius 3 is 2.69 bits per heavy atom. The minimum absolute atomic E-state index is 0.0479. The second-order valence-corrected chi connectivity index (χ2v) is 9.73. The van der Waals surface area contributed by atoms with E-state index in [1.54, 1.807) is 0 Å². The molecule has 0 spiro atoms. The van der Waals surface area contributed by atoms with Crippen molar-refractivity contribution in [2.45, 2.75) is 72.6 Å². The van der Waals surface area contributed by atoms with Gasteiger partial charge in [-0.25, -0.2) is 0 Å². The van der Waals surface area contributed by atoms with Crippen molar-refractivity contribution >= 4 is 23.2 Å². The van der Waals surface area contributed by atoms with E-state index in [4.69, 9.17) is 4.74 Å². The number of carbonyl (C=O) groups excluding carboxylic acids is 2. The molecule has 1 saturated carbocycles. The number of nitrogens with zero attached hydrogens (tertiary/aromatic N) is 1. The first-order chi connectivity index (χ1) is 13.8. The van der Waals surface area contributed by atoms with Gasteiger partial charge in [0.1, 0.15) is 12.4 Å². The van der Waals surface area contributed by atoms with Crippen LogP contribution in [0, 0.1) is 17.3 Å². The molecule has 5 nitrogen and oxygen atoms in total. The summed E-state index contributed by atoms with van der Waals surface area (Å²) in [6.07, 6.45) is 7.55. The predicted octanol–water partition coefficient (Wildman–Crippen LogP) is 5.39. The van der Waals surface area contributed by atoms with Crippen molar-refractivity contribution in [2.75, 3.05) is 23.4 Å². The summed E-state index contributed by atoms with van der Waals surface area (Å²) >= 11 is 0. The van der Waals surface area contributed by atoms with Gasteiger partial charge in [0.05, 0.1) is 11.1 Å². The SMILES string of the molecule is CC(C)CCN1C(=O)C(C)(C)COc2ccc(NC(=O)CCC3CCCC3)cc21. The molecule has 1 aromatic carbocycles. The number of ether oxygens (including phenoxy) is 1. The van der Waals surface area contributed by atoms with Crippen LogP contribution < -0.4 is 15.0 Å². The van der Waals surface area contributed by atoms with Gasteiger partial charge < -0.3 is 15.0 Å². The van der Waals surface area contributed by atoms with Gasteiger partial charge in [-0.15, -0.1) is 0 Å². The molecule has 2 aliphatic rings. The van der Waals surface area contributed by atoms with E-state index in [-0.39, 0.29) is 11.8 Å². The number of anilines is 2. The molecule has 1 aliphatic carbocycles. The van der Waals surface area contributed by atoms with Gasteiger partial charge in [0.2, 0.25) is 11.8 Å². The zero-order valence-electron chi connectivity index (χ0n) is 18.4. The van der Waals surface area contributed by atoms with Crippen LogP contribution in [0.4, 0.5) is 11.4 Å². The summed E-state index contributed by atoms with van der Waals surface area (Å²) in [7, 11) is 0. The van der Waals surface area contributed by atoms with E-state index in [0.717, 1.165) is 24.2 Å². The van der Waals surface area contributed by atoms with Crippen LogP contribution in [-0.4, -0.2) is 25.0 Å². The number of amides is 2. The Morgan fingerprint density at radius 2 is 2.00 bits per heavy atom. The summed E-state index contributed by atoms with van der Waals surface area (Å²) in [6, 6.07) is 5.64. The second kappa shape index (κ2) is 9.19. The average Bonchev–Trinajstić information content (AvgIpc) is 3.16. The predicted molar refractivity (Wildman–Crippen MR) is 117 cm³/mol. The number of fused-ring (bicyclic) bond motifs is 1. The lowest BCUT2D eigenvalue weighted by Gasteiger charge is -2.28. The highest BCUT2D eigenvalue weighted by Crippen LogP contribution is 2.38. The third kappa shape index (κ3) is 5.52. The molecule has 0 atom stereocenters. The van der Waals surface area contributed by atoms with Gasteiger partial charge >= 0.3 is 0 Å². The Kier molecular flexibility index (Phi) is 6.86. The van der Waals surface area contributed by atoms with Crippen molar-refractivity contribution in [3.63, 3.8) is 0 Å². The normalized spacial score (nSPS) is 19.1. The summed E-state index contributed by atoms with van der Waals surface area (Å²) in [4.78, 5) is 27.5. The molecule has 160 valence electrons. The Morgan fingerprint density at radius 1 is 1.28 bits per heavy atom. The van der Waals surface area contributed by atoms with Crippen molar-refractivity contribution in [2.24, 2.45) is 17.3 Å². The summed E-state index contributed by atoms with van der Waals surface area (Å²) in [5.41, 5.74) is 0.904. The molecule has 0 bridgehead atoms. The quantitative estimate of drug-likeness (QED) is 0.667. The first-order valence-electron chi connectivity index (χ1n) is 11.1. The highest BCUT2D eigenvalue weighted by Gasteiger charge is 2.37. The lowest BCUT2D eigenvalue weighted by Crippen LogP contribution is -2.42. The van der Waals surface area contributed by atoms with Crippen LogP contribution in [0.2, 0.25) is 0 Å². The monoisotopic (exact) mass is 400 g/mol. The molecule has 5 heteroatoms. The van der Waals surface area contributed by atoms with Crippen LogP contribution in [0.15, 0.2) is 18.2 Å². The number of benzene rings is 1. The standard InChI is InChI=1S/C24H36N2O3/c1-17(2)13-14-26-20-15-19(25-22(27)12-9-18-7-5-6-8-18)10-11-21(20)29-16-24(3,4)23(26)28/h10-11,15,17-18H,5-9,12-14,16H2,1-4H3,(H,25,27). The molecule has 1 aliphatic heterocycles. The first kappa shape index (κ1) is 21.7. The lowest BCUT2D eigenvalue weighted by molar-refractivity contribution is -0.127. The van der Waals surface area contributed by atoms with Crippen molar-refractivity contribution in [3.05, 3.63) is 18.2 Å². The van der Waals surface area contributed by atoms with E-state index in [2.05, 4.69) is 19.2 Å². The third-order valence-corrected chi connectivity index (χ3v) is 6.13. The molecule has 0 unspecified atom stereocenters. The van der Waals surface area contributed by atoms with Crippen LogP contribution in [0.5, 0.6) is 5.75 Å². The van der Waals surface area contributed by atoms with E-state index in [1.165, 1.54) is 25.7 Å². The molecular weight excluding hydrogens is 364 g/mol. The molecule has 2 amide bonds. The van der Waals surface area contributed by atoms with Gasteiger partial charge in [-0.2, -0.15) is 0 Å². The molecule has 1 heterocycles. The minimum Gasteiger partial charge on any atom is -0.490 e. The van der Waals surface area contributed by atoms with Crippen molar-refractivity contribution < 1.29 is 14.3 Å². The Labute approximate surface area is 175 Å². The van der Waals surface area contributed by atoms with Crippen LogP contribution in [0.1, 0.15) is 72.6 Å². The second-order valence-electron chi connectivity index (χ2n) is 9.73. The fourth-order valence-corrected chi connectivity index (χ4v) is 4.19. The van der Waals surface area contributed by atoms with Gasteiger partial charge in [-0.3, -0.25) is 9.59 Å². The van der Waals surface area contributed by atoms with E-state index in [0.29, 0.717) is 37.2 Å². The zero-order chi connectivity index (χ0) is 21.0. The number of nitrogens with one attached hydrogen (secondary N) is 1. The van der Waals surface area contributed by atoms with Gasteiger partial charge in [0, 0.05) is 18.7 Å². The third-order valence-electron chi connectivity index (χ3n) is 6.13. The van der Waals surface area contributed by atoms with E-state index < -0.39 is 5.41 Å². The van der Waals surface area contributed by atoms with E-state index >= 15 is 0 Å². The fourth-order valence-electron chi connectivity index (χ4n) is 4.19. The summed E-state index contributed by atoms with van der Waals surface area (Å²) in [5.74, 6) is 2.02. The number of hydrogen-bond acceptors (Lipinski definition) is 3. The summed E-state index contributed by atoms with van der Waals surface area (Å²) in [5, 5.41) is 3.02. The largest absolute Gasteiger partial charge is 0.490 e. The molecule has 1 aromatic rings. The Hall–Kier alpha value is -2.04. The van der Waals surface area contributed by atoms with Gasteiger partial charge in [-0.1, -0.05) is 39.5 Å². The molecule has 1 fully saturated rings. The highest BCUT2D eigenvalue weighted by molar-refractivity contribution is 6.00. The fraction of sp³-hybridized carbons (Fsp3) is 0.667. The molecule has 1 N–H and O–H groups in total. The van der Waals surface area contributed by atoms with Crippen molar-refractivity contribution in [1.82, 2.24) is 0 Å². The van der Waals surface area contributed by atoms with Gasteiger partial charge in [0.25, 0.3) is 0 Å². The first-order valence-corrected chi connectivity index (χ1v) is 11.1.